The molecule has 0 aliphatic carbocycles. The summed E-state index contributed by atoms with van der Waals surface area (Å²) >= 11 is 1.88. The van der Waals surface area contributed by atoms with Crippen LogP contribution in [-0.4, -0.2) is 18.0 Å². The van der Waals surface area contributed by atoms with Crippen LogP contribution in [-0.2, 0) is 20.1 Å². The number of hydrogen-bond acceptors (Lipinski definition) is 3. The van der Waals surface area contributed by atoms with Crippen molar-refractivity contribution in [1.82, 2.24) is 9.97 Å². The summed E-state index contributed by atoms with van der Waals surface area (Å²) in [7, 11) is -1.31. The quantitative estimate of drug-likeness (QED) is 0.129. The van der Waals surface area contributed by atoms with Gasteiger partial charge in [-0.3, -0.25) is 0 Å². The minimum atomic E-state index is -1.31. The van der Waals surface area contributed by atoms with Gasteiger partial charge in [-0.15, -0.1) is 59.7 Å². The zero-order chi connectivity index (χ0) is 29.1. The molecule has 6 rings (SSSR count). The van der Waals surface area contributed by atoms with Crippen LogP contribution < -0.4 is 5.19 Å². The maximum absolute atomic E-state index is 4.65. The van der Waals surface area contributed by atoms with Crippen LogP contribution in [0.4, 0.5) is 0 Å². The van der Waals surface area contributed by atoms with Gasteiger partial charge in [-0.25, -0.2) is 0 Å². The van der Waals surface area contributed by atoms with Gasteiger partial charge < -0.3 is 9.97 Å². The molecule has 0 aliphatic heterocycles. The van der Waals surface area contributed by atoms with E-state index < -0.39 is 8.07 Å². The number of fused-ring (bicyclic) bond motifs is 3. The van der Waals surface area contributed by atoms with Crippen LogP contribution in [0, 0.1) is 12.1 Å². The van der Waals surface area contributed by atoms with Crippen LogP contribution >= 0.6 is 11.3 Å². The molecule has 6 aromatic rings. The molecule has 0 fully saturated rings. The van der Waals surface area contributed by atoms with Crippen LogP contribution in [0.1, 0.15) is 50.7 Å². The van der Waals surface area contributed by atoms with Crippen molar-refractivity contribution in [3.8, 4) is 22.5 Å². The van der Waals surface area contributed by atoms with E-state index in [1.165, 1.54) is 36.5 Å². The van der Waals surface area contributed by atoms with E-state index in [2.05, 4.69) is 118 Å². The third-order valence-corrected chi connectivity index (χ3v) is 10.7. The number of rotatable bonds is 5. The molecule has 3 heterocycles. The molecule has 3 aromatic carbocycles. The van der Waals surface area contributed by atoms with Crippen molar-refractivity contribution in [3.63, 3.8) is 0 Å². The molecule has 2 nitrogen and oxygen atoms in total. The Labute approximate surface area is 269 Å². The van der Waals surface area contributed by atoms with Gasteiger partial charge in [-0.05, 0) is 51.0 Å². The summed E-state index contributed by atoms with van der Waals surface area (Å²) in [6.45, 7) is 16.0. The number of thiophene rings is 1. The van der Waals surface area contributed by atoms with Gasteiger partial charge in [0.05, 0.1) is 8.07 Å². The van der Waals surface area contributed by atoms with E-state index in [4.69, 9.17) is 0 Å². The van der Waals surface area contributed by atoms with Gasteiger partial charge in [0, 0.05) is 37.2 Å². The molecule has 42 heavy (non-hydrogen) atoms. The molecule has 0 saturated heterocycles. The molecule has 0 saturated carbocycles. The molecule has 1 radical (unpaired) electrons. The summed E-state index contributed by atoms with van der Waals surface area (Å²) in [6, 6.07) is 34.3. The number of hydrogen-bond donors (Lipinski definition) is 0. The van der Waals surface area contributed by atoms with Gasteiger partial charge in [0.1, 0.15) is 0 Å². The van der Waals surface area contributed by atoms with Crippen molar-refractivity contribution in [2.24, 2.45) is 0 Å². The van der Waals surface area contributed by atoms with E-state index >= 15 is 0 Å². The fourth-order valence-electron chi connectivity index (χ4n) is 4.80. The van der Waals surface area contributed by atoms with Crippen molar-refractivity contribution < 1.29 is 20.1 Å². The van der Waals surface area contributed by atoms with Gasteiger partial charge in [-0.1, -0.05) is 93.8 Å². The normalized spacial score (nSPS) is 11.5. The van der Waals surface area contributed by atoms with E-state index in [9.17, 15) is 0 Å². The first kappa shape index (κ1) is 32.0. The van der Waals surface area contributed by atoms with Crippen molar-refractivity contribution in [2.45, 2.75) is 59.2 Å². The van der Waals surface area contributed by atoms with Crippen molar-refractivity contribution in [3.05, 3.63) is 115 Å². The molecule has 0 spiro atoms. The Morgan fingerprint density at radius 3 is 2.14 bits per heavy atom. The van der Waals surface area contributed by atoms with Gasteiger partial charge in [0.25, 0.3) is 0 Å². The fraction of sp³-hybridized carbons (Fsp3) is 0.243. The molecule has 3 aromatic heterocycles. The van der Waals surface area contributed by atoms with Crippen LogP contribution in [0.15, 0.2) is 91.3 Å². The largest absolute Gasteiger partial charge is 0.305 e. The summed E-state index contributed by atoms with van der Waals surface area (Å²) in [4.78, 5) is 9.09. The SMILES string of the molecule is CC(C)c1ccc(-c2[c-]cccc2)nc1.CC(C)c1ccnc(-c2[c-]ccc3c2sc2cc([Si](C)(C)C)ccc23)c1.[Ir]. The number of benzene rings is 3. The Bertz CT molecular complexity index is 1770. The van der Waals surface area contributed by atoms with Crippen LogP contribution in [0.3, 0.4) is 0 Å². The average molecular weight is 763 g/mol. The zero-order valence-electron chi connectivity index (χ0n) is 25.5. The Hall–Kier alpha value is -2.95. The first-order valence-corrected chi connectivity index (χ1v) is 18.7. The second kappa shape index (κ2) is 13.6. The van der Waals surface area contributed by atoms with Crippen LogP contribution in [0.5, 0.6) is 0 Å². The Morgan fingerprint density at radius 1 is 0.714 bits per heavy atom. The van der Waals surface area contributed by atoms with E-state index in [1.54, 1.807) is 0 Å². The number of nitrogens with zero attached hydrogens (tertiary/aromatic N) is 2. The zero-order valence-corrected chi connectivity index (χ0v) is 29.7. The minimum Gasteiger partial charge on any atom is -0.305 e. The molecule has 5 heteroatoms. The maximum Gasteiger partial charge on any atom is 0.0776 e. The predicted octanol–water partition coefficient (Wildman–Crippen LogP) is 10.3. The third-order valence-electron chi connectivity index (χ3n) is 7.44. The monoisotopic (exact) mass is 763 g/mol. The van der Waals surface area contributed by atoms with Crippen molar-refractivity contribution in [2.75, 3.05) is 0 Å². The molecule has 0 N–H and O–H groups in total. The molecule has 0 atom stereocenters. The van der Waals surface area contributed by atoms with E-state index in [0.717, 1.165) is 22.5 Å². The van der Waals surface area contributed by atoms with E-state index in [0.29, 0.717) is 11.8 Å². The summed E-state index contributed by atoms with van der Waals surface area (Å²) in [5.41, 5.74) is 6.78. The smallest absolute Gasteiger partial charge is 0.0776 e. The van der Waals surface area contributed by atoms with Gasteiger partial charge >= 0.3 is 0 Å². The first-order chi connectivity index (χ1) is 19.6. The molecule has 0 aliphatic rings. The summed E-state index contributed by atoms with van der Waals surface area (Å²) in [6.07, 6.45) is 3.87. The van der Waals surface area contributed by atoms with E-state index in [-0.39, 0.29) is 20.1 Å². The molecule has 0 unspecified atom stereocenters. The van der Waals surface area contributed by atoms with Crippen LogP contribution in [0.25, 0.3) is 42.7 Å². The Kier molecular flexibility index (Phi) is 10.3. The number of aromatic nitrogens is 2. The molecular weight excluding hydrogens is 725 g/mol. The van der Waals surface area contributed by atoms with Crippen molar-refractivity contribution >= 4 is 44.8 Å². The average Bonchev–Trinajstić information content (AvgIpc) is 3.36. The molecule has 0 bridgehead atoms. The summed E-state index contributed by atoms with van der Waals surface area (Å²) < 4.78 is 2.67. The summed E-state index contributed by atoms with van der Waals surface area (Å²) in [5.74, 6) is 1.03. The maximum atomic E-state index is 4.65. The molecule has 217 valence electrons. The second-order valence-electron chi connectivity index (χ2n) is 12.2. The minimum absolute atomic E-state index is 0. The van der Waals surface area contributed by atoms with Gasteiger partial charge in [-0.2, -0.15) is 11.3 Å². The third kappa shape index (κ3) is 7.15. The Morgan fingerprint density at radius 2 is 1.50 bits per heavy atom. The standard InChI is InChI=1S/C23H24NSSi.C14H14N.Ir/c1-15(2)16-11-12-24-21(13-16)20-8-6-7-19-18-10-9-17(26(3,4)5)14-22(18)25-23(19)20;1-11(2)13-8-9-14(15-10-13)12-6-4-3-5-7-12;/h6-7,9-15H,1-5H3;3-6,8-11H,1-2H3;/q2*-1;. The number of pyridine rings is 2. The molecular formula is C37H38IrN2SSi-2. The van der Waals surface area contributed by atoms with Crippen molar-refractivity contribution in [1.29, 1.82) is 0 Å². The Balaban J connectivity index is 0.000000216. The molecule has 0 amide bonds. The van der Waals surface area contributed by atoms with E-state index in [1.807, 2.05) is 54.1 Å². The van der Waals surface area contributed by atoms with Gasteiger partial charge in [0.2, 0.25) is 0 Å². The van der Waals surface area contributed by atoms with Gasteiger partial charge in [0.15, 0.2) is 0 Å². The summed E-state index contributed by atoms with van der Waals surface area (Å²) in [5, 5.41) is 4.18. The second-order valence-corrected chi connectivity index (χ2v) is 18.3. The van der Waals surface area contributed by atoms with Crippen LogP contribution in [0.2, 0.25) is 19.6 Å². The topological polar surface area (TPSA) is 25.8 Å². The first-order valence-electron chi connectivity index (χ1n) is 14.4. The predicted molar refractivity (Wildman–Crippen MR) is 181 cm³/mol. The fourth-order valence-corrected chi connectivity index (χ4v) is 7.31.